The zero-order valence-corrected chi connectivity index (χ0v) is 26.2. The molecule has 48 heavy (non-hydrogen) atoms. The van der Waals surface area contributed by atoms with Gasteiger partial charge in [0.05, 0.1) is 22.1 Å². The van der Waals surface area contributed by atoms with E-state index in [1.54, 1.807) is 0 Å². The van der Waals surface area contributed by atoms with Crippen molar-refractivity contribution in [2.24, 2.45) is 0 Å². The first-order valence-corrected chi connectivity index (χ1v) is 16.5. The van der Waals surface area contributed by atoms with E-state index >= 15 is 0 Å². The summed E-state index contributed by atoms with van der Waals surface area (Å²) < 4.78 is 4.91. The molecule has 8 aromatic carbocycles. The lowest BCUT2D eigenvalue weighted by molar-refractivity contribution is 1.17. The van der Waals surface area contributed by atoms with E-state index in [-0.39, 0.29) is 0 Å². The lowest BCUT2D eigenvalue weighted by atomic mass is 9.98. The maximum absolute atomic E-state index is 2.49. The van der Waals surface area contributed by atoms with Gasteiger partial charge < -0.3 is 9.13 Å². The highest BCUT2D eigenvalue weighted by Gasteiger charge is 2.20. The van der Waals surface area contributed by atoms with Crippen LogP contribution in [0.1, 0.15) is 0 Å². The molecule has 0 fully saturated rings. The minimum atomic E-state index is 1.15. The Balaban J connectivity index is 1.38. The van der Waals surface area contributed by atoms with E-state index in [4.69, 9.17) is 0 Å². The largest absolute Gasteiger partial charge is 0.309 e. The summed E-state index contributed by atoms with van der Waals surface area (Å²) >= 11 is 0. The highest BCUT2D eigenvalue weighted by atomic mass is 15.0. The number of benzene rings is 8. The van der Waals surface area contributed by atoms with Crippen molar-refractivity contribution in [3.05, 3.63) is 182 Å². The van der Waals surface area contributed by atoms with Crippen LogP contribution in [-0.2, 0) is 0 Å². The molecule has 2 heterocycles. The molecule has 2 nitrogen and oxygen atoms in total. The summed E-state index contributed by atoms with van der Waals surface area (Å²) in [6.45, 7) is 0. The van der Waals surface area contributed by atoms with Gasteiger partial charge in [-0.15, -0.1) is 0 Å². The van der Waals surface area contributed by atoms with Crippen LogP contribution in [-0.4, -0.2) is 9.13 Å². The Bertz CT molecular complexity index is 2750. The van der Waals surface area contributed by atoms with Crippen LogP contribution in [0.5, 0.6) is 0 Å². The Morgan fingerprint density at radius 2 is 0.812 bits per heavy atom. The highest BCUT2D eigenvalue weighted by molar-refractivity contribution is 6.25. The summed E-state index contributed by atoms with van der Waals surface area (Å²) in [6.07, 6.45) is 0. The van der Waals surface area contributed by atoms with Crippen molar-refractivity contribution in [2.45, 2.75) is 0 Å². The van der Waals surface area contributed by atoms with Gasteiger partial charge in [0.1, 0.15) is 0 Å². The molecule has 224 valence electrons. The topological polar surface area (TPSA) is 9.86 Å². The predicted octanol–water partition coefficient (Wildman–Crippen LogP) is 12.4. The number of hydrogen-bond acceptors (Lipinski definition) is 0. The van der Waals surface area contributed by atoms with Crippen LogP contribution in [0.25, 0.3) is 88.0 Å². The van der Waals surface area contributed by atoms with E-state index in [9.17, 15) is 0 Å². The third-order valence-electron chi connectivity index (χ3n) is 9.85. The monoisotopic (exact) mass is 610 g/mol. The Morgan fingerprint density at radius 3 is 1.52 bits per heavy atom. The van der Waals surface area contributed by atoms with Crippen molar-refractivity contribution in [1.29, 1.82) is 0 Å². The smallest absolute Gasteiger partial charge is 0.0549 e. The van der Waals surface area contributed by atoms with Crippen LogP contribution in [0.3, 0.4) is 0 Å². The highest BCUT2D eigenvalue weighted by Crippen LogP contribution is 2.43. The average Bonchev–Trinajstić information content (AvgIpc) is 3.67. The SMILES string of the molecule is c1ccc(-c2cc(-c3ccccc3)cc(-n3c4cc5c6ccccc6n(-c6ccccc6)c5cc4c4c5ccccc5ccc43)c2)cc1. The molecular weight excluding hydrogens is 581 g/mol. The Morgan fingerprint density at radius 1 is 0.271 bits per heavy atom. The molecule has 0 unspecified atom stereocenters. The molecule has 0 radical (unpaired) electrons. The second kappa shape index (κ2) is 10.6. The van der Waals surface area contributed by atoms with Gasteiger partial charge >= 0.3 is 0 Å². The molecule has 0 saturated heterocycles. The maximum atomic E-state index is 2.49. The summed E-state index contributed by atoms with van der Waals surface area (Å²) in [5, 5.41) is 7.54. The number of hydrogen-bond donors (Lipinski definition) is 0. The Labute approximate surface area is 278 Å². The molecule has 2 aromatic heterocycles. The molecule has 0 N–H and O–H groups in total. The summed E-state index contributed by atoms with van der Waals surface area (Å²) in [5.74, 6) is 0. The zero-order valence-electron chi connectivity index (χ0n) is 26.2. The second-order valence-corrected chi connectivity index (χ2v) is 12.6. The second-order valence-electron chi connectivity index (χ2n) is 12.6. The lowest BCUT2D eigenvalue weighted by Crippen LogP contribution is -1.96. The number of para-hydroxylation sites is 2. The van der Waals surface area contributed by atoms with E-state index in [1.165, 1.54) is 82.3 Å². The van der Waals surface area contributed by atoms with Crippen LogP contribution in [0, 0.1) is 0 Å². The first-order valence-electron chi connectivity index (χ1n) is 16.5. The molecule has 0 aliphatic heterocycles. The van der Waals surface area contributed by atoms with Crippen molar-refractivity contribution in [3.8, 4) is 33.6 Å². The van der Waals surface area contributed by atoms with Gasteiger partial charge in [0.15, 0.2) is 0 Å². The third-order valence-corrected chi connectivity index (χ3v) is 9.85. The molecule has 0 aliphatic rings. The predicted molar refractivity (Wildman–Crippen MR) is 203 cm³/mol. The molecule has 10 aromatic rings. The first-order chi connectivity index (χ1) is 23.8. The lowest BCUT2D eigenvalue weighted by Gasteiger charge is -2.14. The van der Waals surface area contributed by atoms with Gasteiger partial charge in [-0.1, -0.05) is 127 Å². The van der Waals surface area contributed by atoms with Crippen molar-refractivity contribution >= 4 is 54.4 Å². The van der Waals surface area contributed by atoms with Crippen LogP contribution in [0.2, 0.25) is 0 Å². The van der Waals surface area contributed by atoms with Gasteiger partial charge in [-0.25, -0.2) is 0 Å². The molecule has 0 bridgehead atoms. The molecular formula is C46H30N2. The standard InChI is InChI=1S/C46H30N2/c1-4-14-31(15-5-1)34-26-35(32-16-6-2-7-17-32)28-37(27-34)48-43-25-24-33-18-10-11-21-38(33)46(43)41-30-44-40(29-45(41)48)39-22-12-13-23-42(39)47(44)36-19-8-3-9-20-36/h1-30H. The first kappa shape index (κ1) is 26.8. The summed E-state index contributed by atoms with van der Waals surface area (Å²) in [7, 11) is 0. The third kappa shape index (κ3) is 4.06. The van der Waals surface area contributed by atoms with Gasteiger partial charge in [-0.2, -0.15) is 0 Å². The van der Waals surface area contributed by atoms with Gasteiger partial charge in [0, 0.05) is 32.9 Å². The summed E-state index contributed by atoms with van der Waals surface area (Å²) in [5.41, 5.74) is 12.0. The molecule has 0 aliphatic carbocycles. The van der Waals surface area contributed by atoms with E-state index < -0.39 is 0 Å². The molecule has 0 atom stereocenters. The number of fused-ring (bicyclic) bond motifs is 8. The van der Waals surface area contributed by atoms with Crippen LogP contribution >= 0.6 is 0 Å². The van der Waals surface area contributed by atoms with Crippen molar-refractivity contribution in [3.63, 3.8) is 0 Å². The van der Waals surface area contributed by atoms with Crippen LogP contribution < -0.4 is 0 Å². The minimum absolute atomic E-state index is 1.15. The number of nitrogens with zero attached hydrogens (tertiary/aromatic N) is 2. The zero-order chi connectivity index (χ0) is 31.6. The van der Waals surface area contributed by atoms with E-state index in [0.717, 1.165) is 5.69 Å². The van der Waals surface area contributed by atoms with Crippen molar-refractivity contribution < 1.29 is 0 Å². The Kier molecular flexibility index (Phi) is 5.91. The van der Waals surface area contributed by atoms with Gasteiger partial charge in [-0.3, -0.25) is 0 Å². The van der Waals surface area contributed by atoms with Crippen LogP contribution in [0.4, 0.5) is 0 Å². The van der Waals surface area contributed by atoms with Crippen molar-refractivity contribution in [1.82, 2.24) is 9.13 Å². The maximum Gasteiger partial charge on any atom is 0.0549 e. The van der Waals surface area contributed by atoms with Crippen LogP contribution in [0.15, 0.2) is 182 Å². The molecule has 0 saturated carbocycles. The molecule has 2 heteroatoms. The van der Waals surface area contributed by atoms with Gasteiger partial charge in [-0.05, 0) is 87.6 Å². The number of rotatable bonds is 4. The fourth-order valence-electron chi connectivity index (χ4n) is 7.72. The summed E-state index contributed by atoms with van der Waals surface area (Å²) in [6, 6.07) is 66.3. The van der Waals surface area contributed by atoms with E-state index in [0.29, 0.717) is 0 Å². The van der Waals surface area contributed by atoms with E-state index in [1.807, 2.05) is 0 Å². The quantitative estimate of drug-likeness (QED) is 0.188. The van der Waals surface area contributed by atoms with Gasteiger partial charge in [0.2, 0.25) is 0 Å². The fourth-order valence-corrected chi connectivity index (χ4v) is 7.72. The Hall–Kier alpha value is -6.38. The van der Waals surface area contributed by atoms with Gasteiger partial charge in [0.25, 0.3) is 0 Å². The molecule has 0 spiro atoms. The summed E-state index contributed by atoms with van der Waals surface area (Å²) in [4.78, 5) is 0. The average molecular weight is 611 g/mol. The minimum Gasteiger partial charge on any atom is -0.309 e. The molecule has 10 rings (SSSR count). The van der Waals surface area contributed by atoms with Crippen molar-refractivity contribution in [2.75, 3.05) is 0 Å². The number of aromatic nitrogens is 2. The fraction of sp³-hybridized carbons (Fsp3) is 0. The van der Waals surface area contributed by atoms with E-state index in [2.05, 4.69) is 191 Å². The molecule has 0 amide bonds. The normalized spacial score (nSPS) is 11.8.